The van der Waals surface area contributed by atoms with Crippen molar-refractivity contribution >= 4 is 28.4 Å². The van der Waals surface area contributed by atoms with Crippen LogP contribution in [-0.2, 0) is 4.79 Å². The van der Waals surface area contributed by atoms with Gasteiger partial charge < -0.3 is 20.4 Å². The molecule has 3 N–H and O–H groups in total. The third kappa shape index (κ3) is 6.75. The smallest absolute Gasteiger partial charge is 0.262 e. The Morgan fingerprint density at radius 2 is 1.72 bits per heavy atom. The van der Waals surface area contributed by atoms with E-state index in [-0.39, 0.29) is 23.3 Å². The molecule has 36 heavy (non-hydrogen) atoms. The number of piperidine rings is 1. The molecule has 6 nitrogen and oxygen atoms in total. The van der Waals surface area contributed by atoms with Crippen molar-refractivity contribution in [2.45, 2.75) is 53.2 Å². The van der Waals surface area contributed by atoms with Crippen LogP contribution in [0.2, 0.25) is 0 Å². The number of fused-ring (bicyclic) bond motifs is 1. The normalized spacial score (nSPS) is 17.6. The molecule has 3 unspecified atom stereocenters. The molecule has 3 atom stereocenters. The Morgan fingerprint density at radius 1 is 1.06 bits per heavy atom. The lowest BCUT2D eigenvalue weighted by molar-refractivity contribution is -0.117. The molecule has 1 aliphatic heterocycles. The minimum absolute atomic E-state index is 0.00658. The largest absolute Gasteiger partial charge is 0.372 e. The van der Waals surface area contributed by atoms with Crippen molar-refractivity contribution in [2.24, 2.45) is 17.8 Å². The number of anilines is 1. The average molecular weight is 490 g/mol. The van der Waals surface area contributed by atoms with E-state index in [1.165, 1.54) is 24.9 Å². The minimum Gasteiger partial charge on any atom is -0.372 e. The number of hydrogen-bond donors (Lipinski definition) is 3. The second-order valence-electron chi connectivity index (χ2n) is 9.98. The second-order valence-corrected chi connectivity index (χ2v) is 9.98. The predicted molar refractivity (Wildman–Crippen MR) is 146 cm³/mol. The average Bonchev–Trinajstić information content (AvgIpc) is 2.90. The van der Waals surface area contributed by atoms with E-state index >= 15 is 0 Å². The minimum atomic E-state index is -1.39. The first-order valence-corrected chi connectivity index (χ1v) is 12.9. The van der Waals surface area contributed by atoms with Crippen molar-refractivity contribution in [3.8, 4) is 6.07 Å². The molecule has 2 aromatic carbocycles. The highest BCUT2D eigenvalue weighted by Crippen LogP contribution is 2.28. The molecule has 1 amide bonds. The zero-order chi connectivity index (χ0) is 26.2. The number of allylic oxidation sites excluding steroid dienone is 1. The van der Waals surface area contributed by atoms with Crippen LogP contribution in [0, 0.1) is 29.1 Å². The van der Waals surface area contributed by atoms with Gasteiger partial charge in [0.25, 0.3) is 5.91 Å². The summed E-state index contributed by atoms with van der Waals surface area (Å²) in [4.78, 5) is 15.2. The Labute approximate surface area is 214 Å². The van der Waals surface area contributed by atoms with Crippen molar-refractivity contribution in [3.05, 3.63) is 59.2 Å². The van der Waals surface area contributed by atoms with Crippen LogP contribution in [-0.4, -0.2) is 42.0 Å². The molecule has 2 aromatic rings. The maximum atomic E-state index is 12.8. The van der Waals surface area contributed by atoms with Crippen LogP contribution < -0.4 is 10.2 Å². The highest BCUT2D eigenvalue weighted by atomic mass is 16.5. The molecule has 3 rings (SSSR count). The van der Waals surface area contributed by atoms with Gasteiger partial charge in [0, 0.05) is 31.2 Å². The molecule has 1 saturated heterocycles. The fourth-order valence-corrected chi connectivity index (χ4v) is 4.87. The molecule has 0 aromatic heterocycles. The van der Waals surface area contributed by atoms with Crippen molar-refractivity contribution < 1.29 is 15.0 Å². The van der Waals surface area contributed by atoms with Gasteiger partial charge in [-0.2, -0.15) is 5.26 Å². The number of nitrogens with one attached hydrogen (secondary N) is 1. The number of amides is 1. The maximum absolute atomic E-state index is 12.8. The Kier molecular flexibility index (Phi) is 9.69. The van der Waals surface area contributed by atoms with Gasteiger partial charge in [0.05, 0.1) is 0 Å². The number of aliphatic hydroxyl groups is 2. The summed E-state index contributed by atoms with van der Waals surface area (Å²) in [5.41, 5.74) is 3.08. The first-order valence-electron chi connectivity index (χ1n) is 12.9. The lowest BCUT2D eigenvalue weighted by Crippen LogP contribution is -2.32. The van der Waals surface area contributed by atoms with E-state index in [1.807, 2.05) is 51.1 Å². The summed E-state index contributed by atoms with van der Waals surface area (Å²) in [5.74, 6) is -0.680. The van der Waals surface area contributed by atoms with Crippen molar-refractivity contribution in [2.75, 3.05) is 24.5 Å². The number of carbonyl (C=O) groups is 1. The molecule has 0 radical (unpaired) electrons. The van der Waals surface area contributed by atoms with Gasteiger partial charge in [0.2, 0.25) is 0 Å². The van der Waals surface area contributed by atoms with E-state index in [0.717, 1.165) is 35.0 Å². The van der Waals surface area contributed by atoms with Gasteiger partial charge >= 0.3 is 0 Å². The van der Waals surface area contributed by atoms with E-state index in [4.69, 9.17) is 0 Å². The summed E-state index contributed by atoms with van der Waals surface area (Å²) >= 11 is 0. The fourth-order valence-electron chi connectivity index (χ4n) is 4.87. The topological polar surface area (TPSA) is 96.6 Å². The molecule has 192 valence electrons. The molecule has 6 heteroatoms. The first kappa shape index (κ1) is 27.4. The third-order valence-corrected chi connectivity index (χ3v) is 7.74. The van der Waals surface area contributed by atoms with Crippen LogP contribution in [0.1, 0.15) is 52.5 Å². The molecule has 0 bridgehead atoms. The molecule has 0 saturated carbocycles. The summed E-state index contributed by atoms with van der Waals surface area (Å²) in [6.45, 7) is 10.2. The molecule has 0 aliphatic carbocycles. The second kappa shape index (κ2) is 12.7. The van der Waals surface area contributed by atoms with Gasteiger partial charge in [0.15, 0.2) is 6.29 Å². The molecular formula is C30H39N3O3. The summed E-state index contributed by atoms with van der Waals surface area (Å²) in [7, 11) is 0. The van der Waals surface area contributed by atoms with Crippen LogP contribution in [0.15, 0.2) is 53.6 Å². The number of rotatable bonds is 9. The van der Waals surface area contributed by atoms with E-state index in [2.05, 4.69) is 28.4 Å². The van der Waals surface area contributed by atoms with E-state index in [0.29, 0.717) is 6.54 Å². The Morgan fingerprint density at radius 3 is 2.36 bits per heavy atom. The van der Waals surface area contributed by atoms with Crippen LogP contribution >= 0.6 is 0 Å². The third-order valence-electron chi connectivity index (χ3n) is 7.74. The fraction of sp³-hybridized carbons (Fsp3) is 0.467. The Hall–Kier alpha value is -3.14. The van der Waals surface area contributed by atoms with E-state index in [9.17, 15) is 20.3 Å². The Bertz CT molecular complexity index is 1160. The van der Waals surface area contributed by atoms with Crippen molar-refractivity contribution in [3.63, 3.8) is 0 Å². The monoisotopic (exact) mass is 489 g/mol. The predicted octanol–water partition coefficient (Wildman–Crippen LogP) is 5.02. The number of carbonyl (C=O) groups excluding carboxylic acids is 1. The molecule has 1 fully saturated rings. The van der Waals surface area contributed by atoms with Crippen LogP contribution in [0.4, 0.5) is 5.69 Å². The van der Waals surface area contributed by atoms with Crippen molar-refractivity contribution in [1.29, 1.82) is 5.26 Å². The summed E-state index contributed by atoms with van der Waals surface area (Å²) in [5, 5.41) is 33.8. The van der Waals surface area contributed by atoms with Crippen LogP contribution in [0.5, 0.6) is 0 Å². The molecular weight excluding hydrogens is 450 g/mol. The van der Waals surface area contributed by atoms with E-state index < -0.39 is 12.2 Å². The Balaban J connectivity index is 1.69. The SMILES string of the molecule is C/C=C(/CNC(=O)/C(C#N)=C/c1ccc2cc(N3CCCCC3)ccc2c1)C(C)C(C)C(C)C(O)O. The number of aliphatic hydroxyl groups excluding tert-OH is 1. The van der Waals surface area contributed by atoms with Crippen LogP contribution in [0.3, 0.4) is 0 Å². The highest BCUT2D eigenvalue weighted by molar-refractivity contribution is 6.02. The van der Waals surface area contributed by atoms with Gasteiger partial charge in [-0.25, -0.2) is 0 Å². The quantitative estimate of drug-likeness (QED) is 0.199. The summed E-state index contributed by atoms with van der Waals surface area (Å²) in [6.07, 6.45) is 5.95. The zero-order valence-electron chi connectivity index (χ0n) is 21.9. The van der Waals surface area contributed by atoms with Gasteiger partial charge in [-0.05, 0) is 78.6 Å². The lowest BCUT2D eigenvalue weighted by atomic mass is 9.80. The number of nitrogens with zero attached hydrogens (tertiary/aromatic N) is 2. The van der Waals surface area contributed by atoms with Gasteiger partial charge in [-0.3, -0.25) is 4.79 Å². The maximum Gasteiger partial charge on any atom is 0.262 e. The number of benzene rings is 2. The van der Waals surface area contributed by atoms with Gasteiger partial charge in [0.1, 0.15) is 11.6 Å². The zero-order valence-corrected chi connectivity index (χ0v) is 21.9. The lowest BCUT2D eigenvalue weighted by Gasteiger charge is -2.29. The standard InChI is InChI=1S/C30H39N3O3/c1-5-24(21(3)20(2)22(4)30(35)36)19-32-29(34)27(18-31)16-23-9-10-26-17-28(12-11-25(26)15-23)33-13-7-6-8-14-33/h5,9-12,15-17,20-22,30,35-36H,6-8,13-14,19H2,1-4H3,(H,32,34)/b24-5-,27-16+. The number of hydrogen-bond acceptors (Lipinski definition) is 5. The number of nitriles is 1. The van der Waals surface area contributed by atoms with Gasteiger partial charge in [-0.1, -0.05) is 50.6 Å². The first-order chi connectivity index (χ1) is 17.2. The van der Waals surface area contributed by atoms with Crippen LogP contribution in [0.25, 0.3) is 16.8 Å². The molecule has 0 spiro atoms. The summed E-state index contributed by atoms with van der Waals surface area (Å²) in [6, 6.07) is 14.5. The van der Waals surface area contributed by atoms with Crippen molar-refractivity contribution in [1.82, 2.24) is 5.32 Å². The highest BCUT2D eigenvalue weighted by Gasteiger charge is 2.26. The van der Waals surface area contributed by atoms with E-state index in [1.54, 1.807) is 13.0 Å². The molecule has 1 heterocycles. The summed E-state index contributed by atoms with van der Waals surface area (Å²) < 4.78 is 0. The van der Waals surface area contributed by atoms with Gasteiger partial charge in [-0.15, -0.1) is 0 Å². The molecule has 1 aliphatic rings.